The van der Waals surface area contributed by atoms with E-state index in [1.807, 2.05) is 0 Å². The lowest BCUT2D eigenvalue weighted by atomic mass is 10.1. The Bertz CT molecular complexity index is 988. The first kappa shape index (κ1) is 20.4. The van der Waals surface area contributed by atoms with Crippen molar-refractivity contribution in [2.24, 2.45) is 0 Å². The molecule has 0 saturated carbocycles. The SMILES string of the molecule is CC(=O)Oc1ccccc1C(=O)N(Cc1ccc(Cl)cc1)C1CCS(=O)(=O)C1. The smallest absolute Gasteiger partial charge is 0.308 e. The highest BCUT2D eigenvalue weighted by Gasteiger charge is 2.35. The Hall–Kier alpha value is -2.38. The van der Waals surface area contributed by atoms with Gasteiger partial charge in [0.1, 0.15) is 5.75 Å². The third-order valence-corrected chi connectivity index (χ3v) is 6.55. The Morgan fingerprint density at radius 1 is 1.14 bits per heavy atom. The number of carbonyl (C=O) groups is 2. The van der Waals surface area contributed by atoms with Crippen molar-refractivity contribution in [3.63, 3.8) is 0 Å². The predicted octanol–water partition coefficient (Wildman–Crippen LogP) is 3.09. The minimum absolute atomic E-state index is 0.0493. The van der Waals surface area contributed by atoms with Crippen LogP contribution in [-0.4, -0.2) is 42.7 Å². The maximum absolute atomic E-state index is 13.3. The van der Waals surface area contributed by atoms with Crippen LogP contribution in [0.15, 0.2) is 48.5 Å². The molecule has 2 aromatic carbocycles. The fourth-order valence-corrected chi connectivity index (χ4v) is 5.07. The average Bonchev–Trinajstić information content (AvgIpc) is 3.00. The van der Waals surface area contributed by atoms with Crippen molar-refractivity contribution in [1.82, 2.24) is 4.90 Å². The maximum Gasteiger partial charge on any atom is 0.308 e. The second-order valence-corrected chi connectivity index (χ2v) is 9.37. The number of ether oxygens (including phenoxy) is 1. The zero-order valence-corrected chi connectivity index (χ0v) is 16.9. The molecule has 148 valence electrons. The van der Waals surface area contributed by atoms with Crippen molar-refractivity contribution in [3.8, 4) is 5.75 Å². The van der Waals surface area contributed by atoms with Gasteiger partial charge in [-0.2, -0.15) is 0 Å². The lowest BCUT2D eigenvalue weighted by Crippen LogP contribution is -2.40. The zero-order valence-electron chi connectivity index (χ0n) is 15.3. The summed E-state index contributed by atoms with van der Waals surface area (Å²) in [5.74, 6) is -0.792. The number of carbonyl (C=O) groups excluding carboxylic acids is 2. The maximum atomic E-state index is 13.3. The van der Waals surface area contributed by atoms with E-state index in [0.717, 1.165) is 5.56 Å². The number of esters is 1. The molecule has 0 radical (unpaired) electrons. The molecule has 0 aliphatic carbocycles. The lowest BCUT2D eigenvalue weighted by molar-refractivity contribution is -0.131. The van der Waals surface area contributed by atoms with E-state index < -0.39 is 21.8 Å². The van der Waals surface area contributed by atoms with Gasteiger partial charge in [-0.15, -0.1) is 0 Å². The zero-order chi connectivity index (χ0) is 20.3. The van der Waals surface area contributed by atoms with Gasteiger partial charge < -0.3 is 9.64 Å². The number of nitrogens with zero attached hydrogens (tertiary/aromatic N) is 1. The molecule has 0 N–H and O–H groups in total. The van der Waals surface area contributed by atoms with Crippen molar-refractivity contribution >= 4 is 33.3 Å². The summed E-state index contributed by atoms with van der Waals surface area (Å²) in [6.45, 7) is 1.49. The first-order valence-corrected chi connectivity index (χ1v) is 11.0. The first-order chi connectivity index (χ1) is 13.2. The molecule has 0 bridgehead atoms. The molecule has 1 atom stereocenters. The monoisotopic (exact) mass is 421 g/mol. The second kappa shape index (κ2) is 8.32. The van der Waals surface area contributed by atoms with E-state index in [4.69, 9.17) is 16.3 Å². The highest BCUT2D eigenvalue weighted by atomic mass is 35.5. The van der Waals surface area contributed by atoms with Gasteiger partial charge >= 0.3 is 5.97 Å². The normalized spacial score (nSPS) is 17.9. The first-order valence-electron chi connectivity index (χ1n) is 8.78. The summed E-state index contributed by atoms with van der Waals surface area (Å²) < 4.78 is 29.1. The van der Waals surface area contributed by atoms with Crippen LogP contribution in [0, 0.1) is 0 Å². The summed E-state index contributed by atoms with van der Waals surface area (Å²) in [5.41, 5.74) is 1.04. The van der Waals surface area contributed by atoms with Crippen LogP contribution in [-0.2, 0) is 21.2 Å². The fraction of sp³-hybridized carbons (Fsp3) is 0.300. The molecule has 28 heavy (non-hydrogen) atoms. The molecular weight excluding hydrogens is 402 g/mol. The number of amides is 1. The number of hydrogen-bond acceptors (Lipinski definition) is 5. The van der Waals surface area contributed by atoms with Crippen molar-refractivity contribution in [3.05, 3.63) is 64.7 Å². The molecule has 1 heterocycles. The van der Waals surface area contributed by atoms with Gasteiger partial charge in [0.25, 0.3) is 5.91 Å². The molecule has 1 amide bonds. The highest BCUT2D eigenvalue weighted by molar-refractivity contribution is 7.91. The molecule has 3 rings (SSSR count). The Balaban J connectivity index is 1.95. The average molecular weight is 422 g/mol. The van der Waals surface area contributed by atoms with Crippen LogP contribution in [0.5, 0.6) is 5.75 Å². The number of halogens is 1. The van der Waals surface area contributed by atoms with Crippen LogP contribution in [0.1, 0.15) is 29.3 Å². The number of hydrogen-bond donors (Lipinski definition) is 0. The highest BCUT2D eigenvalue weighted by Crippen LogP contribution is 2.26. The predicted molar refractivity (Wildman–Crippen MR) is 106 cm³/mol. The summed E-state index contributed by atoms with van der Waals surface area (Å²) in [6.07, 6.45) is 0.372. The Labute approximate surface area is 169 Å². The largest absolute Gasteiger partial charge is 0.426 e. The summed E-state index contributed by atoms with van der Waals surface area (Å²) in [6, 6.07) is 13.0. The third-order valence-electron chi connectivity index (χ3n) is 4.55. The summed E-state index contributed by atoms with van der Waals surface area (Å²) in [7, 11) is -3.18. The van der Waals surface area contributed by atoms with Crippen LogP contribution < -0.4 is 4.74 Å². The minimum Gasteiger partial charge on any atom is -0.426 e. The van der Waals surface area contributed by atoms with Crippen LogP contribution in [0.4, 0.5) is 0 Å². The van der Waals surface area contributed by atoms with Gasteiger partial charge in [0.2, 0.25) is 0 Å². The molecule has 1 aliphatic heterocycles. The number of rotatable bonds is 5. The van der Waals surface area contributed by atoms with Gasteiger partial charge in [0.05, 0.1) is 17.1 Å². The molecule has 1 saturated heterocycles. The number of benzene rings is 2. The minimum atomic E-state index is -3.18. The van der Waals surface area contributed by atoms with Crippen molar-refractivity contribution in [1.29, 1.82) is 0 Å². The molecule has 6 nitrogen and oxygen atoms in total. The lowest BCUT2D eigenvalue weighted by Gasteiger charge is -2.29. The van der Waals surface area contributed by atoms with Gasteiger partial charge in [0.15, 0.2) is 9.84 Å². The topological polar surface area (TPSA) is 80.8 Å². The fourth-order valence-electron chi connectivity index (χ4n) is 3.22. The summed E-state index contributed by atoms with van der Waals surface area (Å²) in [4.78, 5) is 26.3. The third kappa shape index (κ3) is 4.91. The van der Waals surface area contributed by atoms with E-state index >= 15 is 0 Å². The Morgan fingerprint density at radius 3 is 2.43 bits per heavy atom. The van der Waals surface area contributed by atoms with Gasteiger partial charge in [-0.3, -0.25) is 9.59 Å². The van der Waals surface area contributed by atoms with Gasteiger partial charge in [-0.05, 0) is 36.2 Å². The summed E-state index contributed by atoms with van der Waals surface area (Å²) >= 11 is 5.93. The molecule has 0 aromatic heterocycles. The quantitative estimate of drug-likeness (QED) is 0.547. The Kier molecular flexibility index (Phi) is 6.05. The van der Waals surface area contributed by atoms with E-state index in [9.17, 15) is 18.0 Å². The van der Waals surface area contributed by atoms with Gasteiger partial charge in [-0.25, -0.2) is 8.42 Å². The van der Waals surface area contributed by atoms with Crippen LogP contribution in [0.2, 0.25) is 5.02 Å². The molecule has 1 unspecified atom stereocenters. The molecular formula is C20H20ClNO5S. The second-order valence-electron chi connectivity index (χ2n) is 6.71. The molecule has 1 aliphatic rings. The van der Waals surface area contributed by atoms with E-state index in [1.165, 1.54) is 11.8 Å². The summed E-state index contributed by atoms with van der Waals surface area (Å²) in [5, 5.41) is 0.574. The van der Waals surface area contributed by atoms with E-state index in [0.29, 0.717) is 11.4 Å². The number of para-hydroxylation sites is 1. The molecule has 1 fully saturated rings. The van der Waals surface area contributed by atoms with Crippen molar-refractivity contribution in [2.75, 3.05) is 11.5 Å². The standard InChI is InChI=1S/C20H20ClNO5S/c1-14(23)27-19-5-3-2-4-18(19)20(24)22(17-10-11-28(25,26)13-17)12-15-6-8-16(21)9-7-15/h2-9,17H,10-13H2,1H3. The van der Waals surface area contributed by atoms with Gasteiger partial charge in [0, 0.05) is 24.5 Å². The van der Waals surface area contributed by atoms with Crippen LogP contribution >= 0.6 is 11.6 Å². The van der Waals surface area contributed by atoms with E-state index in [2.05, 4.69) is 0 Å². The number of sulfone groups is 1. The molecule has 8 heteroatoms. The van der Waals surface area contributed by atoms with Crippen LogP contribution in [0.3, 0.4) is 0 Å². The van der Waals surface area contributed by atoms with Crippen molar-refractivity contribution in [2.45, 2.75) is 25.9 Å². The van der Waals surface area contributed by atoms with Crippen LogP contribution in [0.25, 0.3) is 0 Å². The molecule has 2 aromatic rings. The Morgan fingerprint density at radius 2 is 1.82 bits per heavy atom. The van der Waals surface area contributed by atoms with E-state index in [-0.39, 0.29) is 35.3 Å². The van der Waals surface area contributed by atoms with Gasteiger partial charge in [-0.1, -0.05) is 35.9 Å². The molecule has 0 spiro atoms. The van der Waals surface area contributed by atoms with E-state index in [1.54, 1.807) is 48.5 Å². The van der Waals surface area contributed by atoms with Crippen molar-refractivity contribution < 1.29 is 22.7 Å².